The summed E-state index contributed by atoms with van der Waals surface area (Å²) in [5.74, 6) is -0.946. The molecule has 0 amide bonds. The number of aromatic nitrogens is 6. The maximum Gasteiger partial charge on any atom is 0.331 e. The average Bonchev–Trinajstić information content (AvgIpc) is 3.44. The molecule has 10 heteroatoms. The maximum absolute atomic E-state index is 11.4. The molecule has 0 fully saturated rings. The quantitative estimate of drug-likeness (QED) is 0.474. The summed E-state index contributed by atoms with van der Waals surface area (Å²) in [4.78, 5) is 23.5. The third kappa shape index (κ3) is 3.74. The Morgan fingerprint density at radius 1 is 1.28 bits per heavy atom. The summed E-state index contributed by atoms with van der Waals surface area (Å²) in [6, 6.07) is 9.59. The van der Waals surface area contributed by atoms with E-state index in [0.717, 1.165) is 16.8 Å². The van der Waals surface area contributed by atoms with Crippen molar-refractivity contribution in [3.05, 3.63) is 71.0 Å². The van der Waals surface area contributed by atoms with E-state index in [-0.39, 0.29) is 12.4 Å². The minimum absolute atomic E-state index is 0.251. The summed E-state index contributed by atoms with van der Waals surface area (Å²) in [6.07, 6.45) is 6.75. The van der Waals surface area contributed by atoms with Crippen LogP contribution < -0.4 is 4.74 Å². The number of ether oxygens (including phenoxy) is 1. The van der Waals surface area contributed by atoms with Gasteiger partial charge in [0.05, 0.1) is 34.3 Å². The van der Waals surface area contributed by atoms with E-state index in [2.05, 4.69) is 25.3 Å². The van der Waals surface area contributed by atoms with Crippen LogP contribution in [0.1, 0.15) is 13.3 Å². The van der Waals surface area contributed by atoms with Crippen molar-refractivity contribution < 1.29 is 14.6 Å². The van der Waals surface area contributed by atoms with Crippen LogP contribution in [0.5, 0.6) is 6.01 Å². The minimum Gasteiger partial charge on any atom is -0.478 e. The molecular weight excluding hydrogens is 432 g/mol. The third-order valence-electron chi connectivity index (χ3n) is 5.20. The summed E-state index contributed by atoms with van der Waals surface area (Å²) in [7, 11) is 0. The highest BCUT2D eigenvalue weighted by atomic mass is 35.5. The van der Waals surface area contributed by atoms with Crippen LogP contribution in [0.25, 0.3) is 28.1 Å². The molecule has 9 nitrogen and oxygen atoms in total. The summed E-state index contributed by atoms with van der Waals surface area (Å²) in [6.45, 7) is 1.77. The smallest absolute Gasteiger partial charge is 0.331 e. The van der Waals surface area contributed by atoms with Crippen LogP contribution in [0, 0.1) is 0 Å². The molecule has 5 rings (SSSR count). The van der Waals surface area contributed by atoms with E-state index in [1.165, 1.54) is 0 Å². The van der Waals surface area contributed by atoms with Gasteiger partial charge >= 0.3 is 5.97 Å². The minimum atomic E-state index is -0.946. The summed E-state index contributed by atoms with van der Waals surface area (Å²) >= 11 is 6.49. The second kappa shape index (κ2) is 7.93. The van der Waals surface area contributed by atoms with Gasteiger partial charge in [-0.1, -0.05) is 35.0 Å². The van der Waals surface area contributed by atoms with Gasteiger partial charge in [0.25, 0.3) is 6.01 Å². The highest BCUT2D eigenvalue weighted by Crippen LogP contribution is 2.30. The lowest BCUT2D eigenvalue weighted by atomic mass is 9.97. The molecule has 0 bridgehead atoms. The second-order valence-electron chi connectivity index (χ2n) is 7.31. The molecule has 160 valence electrons. The Kier molecular flexibility index (Phi) is 4.95. The number of pyridine rings is 1. The van der Waals surface area contributed by atoms with Crippen LogP contribution in [0.15, 0.2) is 66.0 Å². The molecule has 0 aliphatic heterocycles. The van der Waals surface area contributed by atoms with Crippen molar-refractivity contribution in [2.45, 2.75) is 19.4 Å². The van der Waals surface area contributed by atoms with Gasteiger partial charge in [-0.05, 0) is 36.8 Å². The van der Waals surface area contributed by atoms with Gasteiger partial charge in [0.15, 0.2) is 5.65 Å². The van der Waals surface area contributed by atoms with Gasteiger partial charge in [-0.15, -0.1) is 5.10 Å². The van der Waals surface area contributed by atoms with Crippen LogP contribution in [0.2, 0.25) is 5.02 Å². The Labute approximate surface area is 187 Å². The first-order chi connectivity index (χ1) is 15.5. The zero-order valence-corrected chi connectivity index (χ0v) is 17.6. The van der Waals surface area contributed by atoms with Gasteiger partial charge < -0.3 is 14.8 Å². The van der Waals surface area contributed by atoms with Crippen molar-refractivity contribution in [2.75, 3.05) is 0 Å². The number of hydrogen-bond acceptors (Lipinski definition) is 6. The van der Waals surface area contributed by atoms with Crippen LogP contribution in [-0.2, 0) is 4.79 Å². The number of nitrogens with zero attached hydrogens (tertiary/aromatic N) is 5. The third-order valence-corrected chi connectivity index (χ3v) is 5.48. The topological polar surface area (TPSA) is 119 Å². The number of carboxylic acid groups (broad SMARTS) is 1. The first-order valence-corrected chi connectivity index (χ1v) is 10.2. The van der Waals surface area contributed by atoms with Crippen LogP contribution in [-0.4, -0.2) is 47.1 Å². The van der Waals surface area contributed by atoms with Gasteiger partial charge in [-0.25, -0.2) is 14.5 Å². The number of carbonyl (C=O) groups is 1. The molecule has 4 aromatic rings. The van der Waals surface area contributed by atoms with E-state index < -0.39 is 12.1 Å². The Hall–Kier alpha value is -3.98. The number of hydrogen-bond donors (Lipinski definition) is 2. The van der Waals surface area contributed by atoms with Gasteiger partial charge in [-0.2, -0.15) is 4.98 Å². The lowest BCUT2D eigenvalue weighted by molar-refractivity contribution is -0.133. The normalized spacial score (nSPS) is 16.0. The number of aliphatic carboxylic acids is 1. The number of rotatable bonds is 5. The lowest BCUT2D eigenvalue weighted by Crippen LogP contribution is -2.21. The molecule has 0 radical (unpaired) electrons. The summed E-state index contributed by atoms with van der Waals surface area (Å²) < 4.78 is 7.52. The summed E-state index contributed by atoms with van der Waals surface area (Å²) in [5, 5.41) is 17.6. The molecule has 2 N–H and O–H groups in total. The number of benzene rings is 1. The molecule has 0 spiro atoms. The Balaban J connectivity index is 1.40. The highest BCUT2D eigenvalue weighted by molar-refractivity contribution is 6.33. The maximum atomic E-state index is 11.4. The van der Waals surface area contributed by atoms with Crippen molar-refractivity contribution in [1.82, 2.24) is 29.9 Å². The fourth-order valence-corrected chi connectivity index (χ4v) is 3.80. The number of fused-ring (bicyclic) bond motifs is 1. The van der Waals surface area contributed by atoms with Gasteiger partial charge in [-0.3, -0.25) is 0 Å². The van der Waals surface area contributed by atoms with E-state index in [9.17, 15) is 9.90 Å². The molecule has 1 aromatic carbocycles. The van der Waals surface area contributed by atoms with Gasteiger partial charge in [0, 0.05) is 17.6 Å². The molecule has 3 heterocycles. The van der Waals surface area contributed by atoms with E-state index in [4.69, 9.17) is 16.3 Å². The molecular formula is C22H17ClN6O3. The zero-order chi connectivity index (χ0) is 22.2. The van der Waals surface area contributed by atoms with E-state index in [1.807, 2.05) is 30.3 Å². The highest BCUT2D eigenvalue weighted by Gasteiger charge is 2.22. The fourth-order valence-electron chi connectivity index (χ4n) is 3.53. The monoisotopic (exact) mass is 448 g/mol. The molecule has 3 aromatic heterocycles. The average molecular weight is 449 g/mol. The van der Waals surface area contributed by atoms with Crippen molar-refractivity contribution in [2.24, 2.45) is 0 Å². The second-order valence-corrected chi connectivity index (χ2v) is 7.72. The van der Waals surface area contributed by atoms with Crippen molar-refractivity contribution in [3.8, 4) is 23.0 Å². The SMILES string of the molecule is CC1=C(C(=O)O)CC(Oc2nc3nc(-c4ccc(-n5ccnn5)cc4)c(Cl)cc3[nH]2)C=C1. The molecule has 0 saturated heterocycles. The predicted octanol–water partition coefficient (Wildman–Crippen LogP) is 3.97. The van der Waals surface area contributed by atoms with Crippen molar-refractivity contribution >= 4 is 28.7 Å². The number of imidazole rings is 1. The number of allylic oxidation sites excluding steroid dienone is 2. The summed E-state index contributed by atoms with van der Waals surface area (Å²) in [5.41, 5.74) is 4.40. The number of nitrogens with one attached hydrogen (secondary N) is 1. The molecule has 32 heavy (non-hydrogen) atoms. The number of carboxylic acids is 1. The van der Waals surface area contributed by atoms with E-state index in [0.29, 0.717) is 27.5 Å². The molecule has 0 saturated carbocycles. The first-order valence-electron chi connectivity index (χ1n) is 9.79. The number of aromatic amines is 1. The largest absolute Gasteiger partial charge is 0.478 e. The van der Waals surface area contributed by atoms with Crippen LogP contribution in [0.3, 0.4) is 0 Å². The molecule has 1 unspecified atom stereocenters. The molecule has 1 atom stereocenters. The predicted molar refractivity (Wildman–Crippen MR) is 118 cm³/mol. The molecule has 1 aliphatic carbocycles. The zero-order valence-electron chi connectivity index (χ0n) is 16.9. The van der Waals surface area contributed by atoms with Crippen LogP contribution >= 0.6 is 11.6 Å². The number of H-pyrrole nitrogens is 1. The lowest BCUT2D eigenvalue weighted by Gasteiger charge is -2.18. The standard InChI is InChI=1S/C22H17ClN6O3/c1-12-2-7-15(10-16(12)21(30)31)32-22-25-18-11-17(23)19(26-20(18)27-22)13-3-5-14(6-4-13)29-9-8-24-28-29/h2-9,11,15H,10H2,1H3,(H,30,31)(H,25,26,27). The van der Waals surface area contributed by atoms with E-state index in [1.54, 1.807) is 36.1 Å². The Morgan fingerprint density at radius 3 is 2.81 bits per heavy atom. The molecule has 1 aliphatic rings. The van der Waals surface area contributed by atoms with Gasteiger partial charge in [0.1, 0.15) is 6.10 Å². The first kappa shape index (κ1) is 20.0. The van der Waals surface area contributed by atoms with Gasteiger partial charge in [0.2, 0.25) is 0 Å². The van der Waals surface area contributed by atoms with Crippen LogP contribution in [0.4, 0.5) is 0 Å². The Morgan fingerprint density at radius 2 is 2.09 bits per heavy atom. The number of halogens is 1. The van der Waals surface area contributed by atoms with E-state index >= 15 is 0 Å². The fraction of sp³-hybridized carbons (Fsp3) is 0.136. The van der Waals surface area contributed by atoms with Crippen molar-refractivity contribution in [1.29, 1.82) is 0 Å². The van der Waals surface area contributed by atoms with Crippen molar-refractivity contribution in [3.63, 3.8) is 0 Å². The Bertz CT molecular complexity index is 1370.